The molecular formula is C32H29N3O3S3. The van der Waals surface area contributed by atoms with Crippen molar-refractivity contribution in [2.75, 3.05) is 10.0 Å². The van der Waals surface area contributed by atoms with E-state index in [1.54, 1.807) is 36.4 Å². The van der Waals surface area contributed by atoms with Crippen LogP contribution in [0.1, 0.15) is 26.8 Å². The molecule has 0 aliphatic carbocycles. The molecule has 1 unspecified atom stereocenters. The number of amides is 1. The summed E-state index contributed by atoms with van der Waals surface area (Å²) in [7, 11) is -3.71. The van der Waals surface area contributed by atoms with Gasteiger partial charge in [-0.2, -0.15) is 0 Å². The first-order chi connectivity index (χ1) is 19.7. The van der Waals surface area contributed by atoms with Gasteiger partial charge >= 0.3 is 0 Å². The van der Waals surface area contributed by atoms with Gasteiger partial charge in [0.15, 0.2) is 5.13 Å². The fourth-order valence-corrected chi connectivity index (χ4v) is 7.09. The Morgan fingerprint density at radius 2 is 1.41 bits per heavy atom. The fraction of sp³-hybridized carbons (Fsp3) is 0.125. The average molecular weight is 600 g/mol. The molecule has 1 amide bonds. The second kappa shape index (κ2) is 12.3. The number of thiazole rings is 1. The minimum absolute atomic E-state index is 0.186. The number of aromatic nitrogens is 1. The molecule has 1 atom stereocenters. The Bertz CT molecular complexity index is 1750. The van der Waals surface area contributed by atoms with E-state index in [-0.39, 0.29) is 10.8 Å². The third-order valence-corrected chi connectivity index (χ3v) is 9.93. The second-order valence-corrected chi connectivity index (χ2v) is 13.7. The van der Waals surface area contributed by atoms with Gasteiger partial charge in [0, 0.05) is 21.0 Å². The zero-order valence-electron chi connectivity index (χ0n) is 22.8. The van der Waals surface area contributed by atoms with Gasteiger partial charge < -0.3 is 5.32 Å². The lowest BCUT2D eigenvalue weighted by atomic mass is 10.1. The Hall–Kier alpha value is -3.92. The number of thioether (sulfide) groups is 1. The Kier molecular flexibility index (Phi) is 8.58. The van der Waals surface area contributed by atoms with Crippen LogP contribution in [0.3, 0.4) is 0 Å². The maximum absolute atomic E-state index is 13.6. The Morgan fingerprint density at radius 1 is 0.805 bits per heavy atom. The van der Waals surface area contributed by atoms with Crippen molar-refractivity contribution in [1.82, 2.24) is 4.98 Å². The number of sulfonamides is 1. The predicted molar refractivity (Wildman–Crippen MR) is 169 cm³/mol. The number of anilines is 2. The number of carbonyl (C=O) groups excluding carboxylic acids is 1. The van der Waals surface area contributed by atoms with Crippen LogP contribution in [-0.2, 0) is 14.8 Å². The quantitative estimate of drug-likeness (QED) is 0.168. The summed E-state index contributed by atoms with van der Waals surface area (Å²) in [5, 5.41) is 3.03. The lowest BCUT2D eigenvalue weighted by Crippen LogP contribution is -2.19. The van der Waals surface area contributed by atoms with Crippen molar-refractivity contribution in [2.24, 2.45) is 0 Å². The summed E-state index contributed by atoms with van der Waals surface area (Å²) >= 11 is 2.84. The highest BCUT2D eigenvalue weighted by molar-refractivity contribution is 8.00. The van der Waals surface area contributed by atoms with Gasteiger partial charge in [-0.1, -0.05) is 77.9 Å². The first kappa shape index (κ1) is 28.6. The molecule has 9 heteroatoms. The number of nitrogens with one attached hydrogen (secondary N) is 2. The van der Waals surface area contributed by atoms with E-state index in [0.29, 0.717) is 10.8 Å². The Labute approximate surface area is 248 Å². The van der Waals surface area contributed by atoms with Crippen molar-refractivity contribution in [2.45, 2.75) is 35.8 Å². The van der Waals surface area contributed by atoms with Gasteiger partial charge in [0.25, 0.3) is 10.0 Å². The number of rotatable bonds is 9. The van der Waals surface area contributed by atoms with E-state index in [9.17, 15) is 13.2 Å². The number of nitrogens with zero attached hydrogens (tertiary/aromatic N) is 1. The van der Waals surface area contributed by atoms with Crippen LogP contribution in [0.4, 0.5) is 10.8 Å². The largest absolute Gasteiger partial charge is 0.301 e. The molecule has 0 saturated heterocycles. The number of benzene rings is 4. The number of hydrogen-bond acceptors (Lipinski definition) is 6. The Balaban J connectivity index is 1.33. The molecule has 41 heavy (non-hydrogen) atoms. The highest BCUT2D eigenvalue weighted by atomic mass is 32.2. The molecular weight excluding hydrogens is 571 g/mol. The molecule has 0 fully saturated rings. The summed E-state index contributed by atoms with van der Waals surface area (Å²) in [4.78, 5) is 20.4. The molecule has 0 spiro atoms. The van der Waals surface area contributed by atoms with E-state index in [1.807, 2.05) is 87.5 Å². The zero-order chi connectivity index (χ0) is 29.0. The standard InChI is InChI=1S/C32H29N3O3S3/c1-21-9-13-24(14-10-21)29-23(3)39-32(33-29)34-31(36)30(25-7-5-4-6-8-25)40-27-17-15-26(16-18-27)35-41(37,38)28-19-11-22(2)12-20-28/h4-20,30,35H,1-3H3,(H,33,34,36). The van der Waals surface area contributed by atoms with Crippen LogP contribution in [0.15, 0.2) is 113 Å². The van der Waals surface area contributed by atoms with Gasteiger partial charge in [-0.3, -0.25) is 9.52 Å². The van der Waals surface area contributed by atoms with E-state index >= 15 is 0 Å². The number of hydrogen-bond donors (Lipinski definition) is 2. The van der Waals surface area contributed by atoms with E-state index < -0.39 is 15.3 Å². The van der Waals surface area contributed by atoms with Crippen LogP contribution >= 0.6 is 23.1 Å². The Morgan fingerprint density at radius 3 is 2.05 bits per heavy atom. The van der Waals surface area contributed by atoms with E-state index in [2.05, 4.69) is 10.0 Å². The van der Waals surface area contributed by atoms with E-state index in [0.717, 1.165) is 32.2 Å². The average Bonchev–Trinajstić information content (AvgIpc) is 3.33. The van der Waals surface area contributed by atoms with Crippen LogP contribution in [0.25, 0.3) is 11.3 Å². The van der Waals surface area contributed by atoms with Crippen molar-refractivity contribution in [3.8, 4) is 11.3 Å². The molecule has 1 heterocycles. The summed E-state index contributed by atoms with van der Waals surface area (Å²) in [5.41, 5.74) is 5.33. The molecule has 0 radical (unpaired) electrons. The second-order valence-electron chi connectivity index (χ2n) is 9.63. The molecule has 5 rings (SSSR count). The highest BCUT2D eigenvalue weighted by Gasteiger charge is 2.24. The molecule has 208 valence electrons. The van der Waals surface area contributed by atoms with Gasteiger partial charge in [0.1, 0.15) is 5.25 Å². The molecule has 0 aliphatic rings. The van der Waals surface area contributed by atoms with E-state index in [1.165, 1.54) is 28.7 Å². The topological polar surface area (TPSA) is 88.2 Å². The van der Waals surface area contributed by atoms with Gasteiger partial charge in [-0.25, -0.2) is 13.4 Å². The maximum Gasteiger partial charge on any atom is 0.261 e. The van der Waals surface area contributed by atoms with Gasteiger partial charge in [-0.15, -0.1) is 23.1 Å². The summed E-state index contributed by atoms with van der Waals surface area (Å²) in [6.07, 6.45) is 0. The van der Waals surface area contributed by atoms with Crippen molar-refractivity contribution in [3.63, 3.8) is 0 Å². The van der Waals surface area contributed by atoms with Crippen LogP contribution in [-0.4, -0.2) is 19.3 Å². The molecule has 0 bridgehead atoms. The normalized spacial score (nSPS) is 12.1. The van der Waals surface area contributed by atoms with Gasteiger partial charge in [0.2, 0.25) is 5.91 Å². The monoisotopic (exact) mass is 599 g/mol. The summed E-state index contributed by atoms with van der Waals surface area (Å²) < 4.78 is 28.2. The minimum Gasteiger partial charge on any atom is -0.301 e. The number of carbonyl (C=O) groups is 1. The molecule has 5 aromatic rings. The lowest BCUT2D eigenvalue weighted by Gasteiger charge is -2.16. The molecule has 0 aliphatic heterocycles. The van der Waals surface area contributed by atoms with Crippen molar-refractivity contribution < 1.29 is 13.2 Å². The molecule has 0 saturated carbocycles. The van der Waals surface area contributed by atoms with Crippen LogP contribution in [0.5, 0.6) is 0 Å². The fourth-order valence-electron chi connectivity index (χ4n) is 4.17. The first-order valence-corrected chi connectivity index (χ1v) is 16.1. The van der Waals surface area contributed by atoms with Crippen LogP contribution in [0.2, 0.25) is 0 Å². The maximum atomic E-state index is 13.6. The van der Waals surface area contributed by atoms with Crippen molar-refractivity contribution in [3.05, 3.63) is 125 Å². The number of aryl methyl sites for hydroxylation is 3. The van der Waals surface area contributed by atoms with Crippen LogP contribution < -0.4 is 10.0 Å². The predicted octanol–water partition coefficient (Wildman–Crippen LogP) is 8.01. The smallest absolute Gasteiger partial charge is 0.261 e. The minimum atomic E-state index is -3.71. The lowest BCUT2D eigenvalue weighted by molar-refractivity contribution is -0.115. The summed E-state index contributed by atoms with van der Waals surface area (Å²) in [6, 6.07) is 31.5. The molecule has 2 N–H and O–H groups in total. The summed E-state index contributed by atoms with van der Waals surface area (Å²) in [5.74, 6) is -0.186. The zero-order valence-corrected chi connectivity index (χ0v) is 25.2. The van der Waals surface area contributed by atoms with Crippen molar-refractivity contribution >= 4 is 49.8 Å². The van der Waals surface area contributed by atoms with E-state index in [4.69, 9.17) is 4.98 Å². The van der Waals surface area contributed by atoms with Gasteiger partial charge in [-0.05, 0) is 62.7 Å². The van der Waals surface area contributed by atoms with Gasteiger partial charge in [0.05, 0.1) is 10.6 Å². The van der Waals surface area contributed by atoms with Crippen molar-refractivity contribution in [1.29, 1.82) is 0 Å². The first-order valence-electron chi connectivity index (χ1n) is 12.9. The summed E-state index contributed by atoms with van der Waals surface area (Å²) in [6.45, 7) is 5.95. The highest BCUT2D eigenvalue weighted by Crippen LogP contribution is 2.38. The van der Waals surface area contributed by atoms with Crippen LogP contribution in [0, 0.1) is 20.8 Å². The molecule has 4 aromatic carbocycles. The SMILES string of the molecule is Cc1ccc(-c2nc(NC(=O)C(Sc3ccc(NS(=O)(=O)c4ccc(C)cc4)cc3)c3ccccc3)sc2C)cc1. The third-order valence-electron chi connectivity index (χ3n) is 6.38. The third kappa shape index (κ3) is 7.05. The molecule has 6 nitrogen and oxygen atoms in total. The molecule has 1 aromatic heterocycles.